The first kappa shape index (κ1) is 27.1. The maximum atomic E-state index is 12.6. The van der Waals surface area contributed by atoms with Crippen LogP contribution in [0.4, 0.5) is 0 Å². The van der Waals surface area contributed by atoms with Gasteiger partial charge in [0.15, 0.2) is 0 Å². The number of hydrogen-bond donors (Lipinski definition) is 1. The average molecular weight is 563 g/mol. The molecule has 43 heavy (non-hydrogen) atoms. The van der Waals surface area contributed by atoms with E-state index in [2.05, 4.69) is 144 Å². The Balaban J connectivity index is 1.86. The van der Waals surface area contributed by atoms with Crippen LogP contribution in [-0.4, -0.2) is 14.2 Å². The molecule has 0 radical (unpaired) electrons. The summed E-state index contributed by atoms with van der Waals surface area (Å²) in [6.07, 6.45) is 2.28. The van der Waals surface area contributed by atoms with Gasteiger partial charge < -0.3 is 14.2 Å². The molecule has 7 aromatic rings. The summed E-state index contributed by atoms with van der Waals surface area (Å²) in [6, 6.07) is 26.2. The van der Waals surface area contributed by atoms with Gasteiger partial charge in [0.1, 0.15) is 5.75 Å². The molecule has 5 aromatic carbocycles. The highest BCUT2D eigenvalue weighted by Crippen LogP contribution is 2.55. The fourth-order valence-electron chi connectivity index (χ4n) is 7.86. The number of aryl methyl sites for hydroxylation is 8. The van der Waals surface area contributed by atoms with E-state index in [0.29, 0.717) is 5.75 Å². The van der Waals surface area contributed by atoms with Crippen LogP contribution < -0.4 is 0 Å². The molecule has 7 rings (SSSR count). The smallest absolute Gasteiger partial charge is 0.148 e. The molecule has 0 aliphatic carbocycles. The molecular weight excluding hydrogens is 524 g/mol. The zero-order valence-electron chi connectivity index (χ0n) is 26.3. The van der Waals surface area contributed by atoms with Gasteiger partial charge in [-0.15, -0.1) is 0 Å². The van der Waals surface area contributed by atoms with Crippen LogP contribution in [0.15, 0.2) is 79.0 Å². The highest BCUT2D eigenvalue weighted by molar-refractivity contribution is 6.25. The van der Waals surface area contributed by atoms with E-state index in [1.165, 1.54) is 61.0 Å². The highest BCUT2D eigenvalue weighted by Gasteiger charge is 2.30. The molecule has 3 nitrogen and oxygen atoms in total. The quantitative estimate of drug-likeness (QED) is 0.228. The summed E-state index contributed by atoms with van der Waals surface area (Å²) < 4.78 is 4.41. The number of nitrogens with zero attached hydrogens (tertiary/aromatic N) is 2. The fourth-order valence-corrected chi connectivity index (χ4v) is 7.86. The lowest BCUT2D eigenvalue weighted by Gasteiger charge is -2.25. The summed E-state index contributed by atoms with van der Waals surface area (Å²) in [4.78, 5) is 0. The number of hydrogen-bond acceptors (Lipinski definition) is 1. The fraction of sp³-hybridized carbons (Fsp3) is 0.200. The monoisotopic (exact) mass is 562 g/mol. The van der Waals surface area contributed by atoms with Crippen LogP contribution in [0.25, 0.3) is 66.1 Å². The average Bonchev–Trinajstić information content (AvgIpc) is 3.44. The molecule has 0 amide bonds. The van der Waals surface area contributed by atoms with E-state index in [4.69, 9.17) is 0 Å². The molecule has 0 aliphatic heterocycles. The van der Waals surface area contributed by atoms with E-state index in [1.807, 2.05) is 0 Å². The maximum Gasteiger partial charge on any atom is 0.148 e. The van der Waals surface area contributed by atoms with Crippen molar-refractivity contribution in [2.75, 3.05) is 0 Å². The number of benzene rings is 5. The number of rotatable bonds is 3. The summed E-state index contributed by atoms with van der Waals surface area (Å²) in [5.74, 6) is 0.335. The zero-order valence-corrected chi connectivity index (χ0v) is 26.3. The van der Waals surface area contributed by atoms with E-state index in [-0.39, 0.29) is 0 Å². The molecule has 0 bridgehead atoms. The molecule has 0 saturated heterocycles. The van der Waals surface area contributed by atoms with Crippen LogP contribution in [0.1, 0.15) is 33.4 Å². The van der Waals surface area contributed by atoms with Crippen LogP contribution in [-0.2, 0) is 14.1 Å². The molecule has 2 heterocycles. The topological polar surface area (TPSA) is 30.1 Å². The third kappa shape index (κ3) is 3.88. The third-order valence-electron chi connectivity index (χ3n) is 9.34. The van der Waals surface area contributed by atoms with E-state index in [0.717, 1.165) is 38.5 Å². The van der Waals surface area contributed by atoms with Gasteiger partial charge in [-0.05, 0) is 87.1 Å². The lowest BCUT2D eigenvalue weighted by Crippen LogP contribution is -2.01. The second kappa shape index (κ2) is 9.64. The summed E-state index contributed by atoms with van der Waals surface area (Å²) in [6.45, 7) is 13.1. The van der Waals surface area contributed by atoms with E-state index in [1.54, 1.807) is 0 Å². The number of para-hydroxylation sites is 2. The van der Waals surface area contributed by atoms with Crippen molar-refractivity contribution in [1.82, 2.24) is 9.13 Å². The largest absolute Gasteiger partial charge is 0.505 e. The molecule has 214 valence electrons. The molecule has 0 aliphatic rings. The molecular formula is C40H38N2O. The van der Waals surface area contributed by atoms with Crippen molar-refractivity contribution in [1.29, 1.82) is 0 Å². The van der Waals surface area contributed by atoms with Crippen molar-refractivity contribution in [2.24, 2.45) is 14.1 Å². The van der Waals surface area contributed by atoms with Gasteiger partial charge >= 0.3 is 0 Å². The van der Waals surface area contributed by atoms with E-state index < -0.39 is 0 Å². The Morgan fingerprint density at radius 1 is 0.535 bits per heavy atom. The van der Waals surface area contributed by atoms with Gasteiger partial charge in [-0.1, -0.05) is 71.8 Å². The second-order valence-electron chi connectivity index (χ2n) is 12.5. The maximum absolute atomic E-state index is 12.6. The molecule has 0 unspecified atom stereocenters. The van der Waals surface area contributed by atoms with Crippen LogP contribution in [0.5, 0.6) is 5.75 Å². The summed E-state index contributed by atoms with van der Waals surface area (Å²) in [5.41, 5.74) is 17.0. The Morgan fingerprint density at radius 2 is 1.02 bits per heavy atom. The Bertz CT molecular complexity index is 2230. The van der Waals surface area contributed by atoms with Gasteiger partial charge in [-0.3, -0.25) is 0 Å². The Labute approximate surface area is 253 Å². The standard InChI is InChI=1S/C40H38N2O/c1-22-17-24(3)33(25(4)18-22)37-35(30-21-41(7)31-15-11-9-13-28(30)31)36-29-14-10-12-16-32(29)42(8)39(36)40(43)38(37)34-26(5)19-23(2)20-27(34)6/h9-21,43H,1-8H3. The normalized spacial score (nSPS) is 11.8. The molecule has 0 fully saturated rings. The zero-order chi connectivity index (χ0) is 30.3. The summed E-state index contributed by atoms with van der Waals surface area (Å²) in [7, 11) is 4.21. The van der Waals surface area contributed by atoms with Crippen molar-refractivity contribution in [3.63, 3.8) is 0 Å². The number of fused-ring (bicyclic) bond motifs is 4. The minimum atomic E-state index is 0.335. The first-order valence-corrected chi connectivity index (χ1v) is 15.0. The van der Waals surface area contributed by atoms with Crippen molar-refractivity contribution in [2.45, 2.75) is 41.5 Å². The van der Waals surface area contributed by atoms with E-state index >= 15 is 0 Å². The van der Waals surface area contributed by atoms with Gasteiger partial charge in [0.05, 0.1) is 5.52 Å². The summed E-state index contributed by atoms with van der Waals surface area (Å²) >= 11 is 0. The predicted molar refractivity (Wildman–Crippen MR) is 183 cm³/mol. The van der Waals surface area contributed by atoms with Crippen molar-refractivity contribution >= 4 is 32.7 Å². The molecule has 0 saturated carbocycles. The Morgan fingerprint density at radius 3 is 1.60 bits per heavy atom. The van der Waals surface area contributed by atoms with Crippen LogP contribution in [0.3, 0.4) is 0 Å². The number of phenols is 1. The molecule has 0 spiro atoms. The minimum absolute atomic E-state index is 0.335. The SMILES string of the molecule is Cc1cc(C)c(-c2c(-c3c(C)cc(C)cc3C)c(O)c3c(c2-c2cn(C)c4ccccc24)c2ccccc2n3C)c(C)c1. The summed E-state index contributed by atoms with van der Waals surface area (Å²) in [5, 5.41) is 16.1. The van der Waals surface area contributed by atoms with Crippen LogP contribution in [0, 0.1) is 41.5 Å². The van der Waals surface area contributed by atoms with Crippen molar-refractivity contribution < 1.29 is 5.11 Å². The minimum Gasteiger partial charge on any atom is -0.505 e. The second-order valence-corrected chi connectivity index (χ2v) is 12.5. The Hall–Kier alpha value is -4.76. The third-order valence-corrected chi connectivity index (χ3v) is 9.34. The van der Waals surface area contributed by atoms with Gasteiger partial charge in [-0.2, -0.15) is 0 Å². The van der Waals surface area contributed by atoms with Crippen molar-refractivity contribution in [3.8, 4) is 39.1 Å². The number of aromatic nitrogens is 2. The van der Waals surface area contributed by atoms with E-state index in [9.17, 15) is 5.11 Å². The molecule has 3 heteroatoms. The van der Waals surface area contributed by atoms with Gasteiger partial charge in [-0.25, -0.2) is 0 Å². The molecule has 1 N–H and O–H groups in total. The van der Waals surface area contributed by atoms with Gasteiger partial charge in [0, 0.05) is 69.7 Å². The molecule has 2 aromatic heterocycles. The highest BCUT2D eigenvalue weighted by atomic mass is 16.3. The predicted octanol–water partition coefficient (Wildman–Crippen LogP) is 10.4. The lowest BCUT2D eigenvalue weighted by atomic mass is 9.79. The van der Waals surface area contributed by atoms with Crippen LogP contribution >= 0.6 is 0 Å². The molecule has 0 atom stereocenters. The Kier molecular flexibility index (Phi) is 6.07. The lowest BCUT2D eigenvalue weighted by molar-refractivity contribution is 0.481. The van der Waals surface area contributed by atoms with Gasteiger partial charge in [0.2, 0.25) is 0 Å². The van der Waals surface area contributed by atoms with Crippen molar-refractivity contribution in [3.05, 3.63) is 112 Å². The first-order chi connectivity index (χ1) is 20.6. The van der Waals surface area contributed by atoms with Gasteiger partial charge in [0.25, 0.3) is 0 Å². The first-order valence-electron chi connectivity index (χ1n) is 15.0. The number of phenolic OH excluding ortho intramolecular Hbond substituents is 1. The number of aromatic hydroxyl groups is 1. The van der Waals surface area contributed by atoms with Crippen LogP contribution in [0.2, 0.25) is 0 Å².